The second kappa shape index (κ2) is 13.0. The van der Waals surface area contributed by atoms with Gasteiger partial charge in [0.15, 0.2) is 37.2 Å². The number of ether oxygens (including phenoxy) is 1. The predicted molar refractivity (Wildman–Crippen MR) is 190 cm³/mol. The van der Waals surface area contributed by atoms with Crippen molar-refractivity contribution in [3.05, 3.63) is 28.8 Å². The van der Waals surface area contributed by atoms with E-state index < -0.39 is 50.8 Å². The van der Waals surface area contributed by atoms with Gasteiger partial charge in [0.2, 0.25) is 11.6 Å². The molecule has 262 valence electrons. The van der Waals surface area contributed by atoms with E-state index in [1.807, 2.05) is 0 Å². The predicted octanol–water partition coefficient (Wildman–Crippen LogP) is 2.73. The molecule has 0 spiro atoms. The zero-order valence-corrected chi connectivity index (χ0v) is 31.9. The Morgan fingerprint density at radius 2 is 1.88 bits per heavy atom. The molecule has 6 heterocycles. The molecule has 18 nitrogen and oxygen atoms in total. The van der Waals surface area contributed by atoms with Gasteiger partial charge in [-0.25, -0.2) is 19.9 Å². The molecular weight excluding hydrogens is 743 g/mol. The third-order valence-corrected chi connectivity index (χ3v) is 16.8. The van der Waals surface area contributed by atoms with E-state index in [0.717, 1.165) is 0 Å². The molecule has 1 fully saturated rings. The minimum Gasteiger partial charge on any atom is -0.408 e. The van der Waals surface area contributed by atoms with Gasteiger partial charge in [0, 0.05) is 6.54 Å². The summed E-state index contributed by atoms with van der Waals surface area (Å²) in [4.78, 5) is 48.1. The van der Waals surface area contributed by atoms with E-state index in [2.05, 4.69) is 76.0 Å². The van der Waals surface area contributed by atoms with Crippen molar-refractivity contribution in [3.63, 3.8) is 0 Å². The number of thiol groups is 1. The molecule has 2 aliphatic heterocycles. The molecule has 6 rings (SSSR count). The van der Waals surface area contributed by atoms with Crippen molar-refractivity contribution in [1.29, 1.82) is 0 Å². The molecule has 24 heteroatoms. The monoisotopic (exact) mass is 778 g/mol. The minimum atomic E-state index is -4.11. The van der Waals surface area contributed by atoms with Gasteiger partial charge < -0.3 is 43.7 Å². The van der Waals surface area contributed by atoms with Crippen LogP contribution in [0.4, 0.5) is 11.8 Å². The third-order valence-electron chi connectivity index (χ3n) is 8.47. The first-order valence-electron chi connectivity index (χ1n) is 14.6. The molecule has 4 aromatic rings. The highest BCUT2D eigenvalue weighted by atomic mass is 32.9. The molecule has 4 aromatic heterocycles. The van der Waals surface area contributed by atoms with E-state index in [9.17, 15) is 9.69 Å². The fourth-order valence-electron chi connectivity index (χ4n) is 5.09. The molecule has 0 saturated carbocycles. The van der Waals surface area contributed by atoms with Gasteiger partial charge in [0.05, 0.1) is 19.5 Å². The van der Waals surface area contributed by atoms with Crippen LogP contribution < -0.4 is 17.0 Å². The molecule has 2 bridgehead atoms. The standard InChI is InChI=1S/C24H36N10O8P2S3Si/c1-24(2,3)48(4,5)42-16-12-8-39-44(46,47)37-7-6-33-13(30-15-20(33)31-23(26)32-21(15)35)9-38-43(36,45)41-17(16)22(40-12)34-11-29-14-18(25)27-10-28-19(14)34/h10-12,16-17,22H,6-9H2,1-5H3,(H,36,45)(H,46,47)(H2,25,27,28)(H3,26,31,32,35)/t12-,16?,17-,22-,43?/m1/s1. The van der Waals surface area contributed by atoms with Crippen LogP contribution in [-0.4, -0.2) is 83.8 Å². The summed E-state index contributed by atoms with van der Waals surface area (Å²) < 4.78 is 40.9. The quantitative estimate of drug-likeness (QED) is 0.114. The number of nitrogen functional groups attached to an aromatic ring is 2. The molecule has 0 amide bonds. The van der Waals surface area contributed by atoms with Crippen LogP contribution in [0, 0.1) is 0 Å². The first-order valence-corrected chi connectivity index (χ1v) is 23.9. The van der Waals surface area contributed by atoms with E-state index in [1.165, 1.54) is 12.7 Å². The van der Waals surface area contributed by atoms with Crippen molar-refractivity contribution in [3.8, 4) is 0 Å². The van der Waals surface area contributed by atoms with E-state index in [-0.39, 0.29) is 60.2 Å². The fourth-order valence-corrected chi connectivity index (χ4v) is 9.31. The van der Waals surface area contributed by atoms with Gasteiger partial charge in [-0.3, -0.25) is 18.9 Å². The summed E-state index contributed by atoms with van der Waals surface area (Å²) in [6.07, 6.45) is -0.960. The Labute approximate surface area is 291 Å². The fraction of sp³-hybridized carbons (Fsp3) is 0.583. The molecular formula is C24H36N10O8P2S3Si. The molecule has 0 radical (unpaired) electrons. The van der Waals surface area contributed by atoms with Gasteiger partial charge in [0.1, 0.15) is 42.6 Å². The smallest absolute Gasteiger partial charge is 0.325 e. The summed E-state index contributed by atoms with van der Waals surface area (Å²) in [5.41, 5.74) is 9.02. The molecule has 0 aromatic carbocycles. The highest BCUT2D eigenvalue weighted by Gasteiger charge is 2.54. The number of anilines is 2. The number of nitrogens with one attached hydrogen (secondary N) is 1. The van der Waals surface area contributed by atoms with E-state index in [4.69, 9.17) is 62.3 Å². The summed E-state index contributed by atoms with van der Waals surface area (Å²) in [5, 5.41) is -0.227. The highest BCUT2D eigenvalue weighted by Crippen LogP contribution is 2.56. The Balaban J connectivity index is 1.45. The maximum absolute atomic E-state index is 12.7. The number of imidazole rings is 2. The number of fused-ring (bicyclic) bond motifs is 6. The Bertz CT molecular complexity index is 2020. The number of hydrogen-bond donors (Lipinski definition) is 5. The lowest BCUT2D eigenvalue weighted by molar-refractivity contribution is -0.0457. The first-order chi connectivity index (χ1) is 22.4. The first kappa shape index (κ1) is 35.9. The van der Waals surface area contributed by atoms with Crippen LogP contribution in [0.1, 0.15) is 32.8 Å². The Kier molecular flexibility index (Phi) is 9.73. The molecule has 6 atom stereocenters. The summed E-state index contributed by atoms with van der Waals surface area (Å²) in [6.45, 7) is 5.96. The van der Waals surface area contributed by atoms with Gasteiger partial charge in [-0.05, 0) is 41.7 Å². The Hall–Kier alpha value is -1.91. The van der Waals surface area contributed by atoms with Crippen LogP contribution in [0.3, 0.4) is 0 Å². The number of rotatable bonds is 3. The number of nitrogens with zero attached hydrogens (tertiary/aromatic N) is 7. The van der Waals surface area contributed by atoms with E-state index in [0.29, 0.717) is 11.2 Å². The van der Waals surface area contributed by atoms with Crippen molar-refractivity contribution < 1.29 is 32.2 Å². The number of aromatic amines is 1. The third kappa shape index (κ3) is 7.14. The lowest BCUT2D eigenvalue weighted by atomic mass is 10.1. The molecule has 1 saturated heterocycles. The summed E-state index contributed by atoms with van der Waals surface area (Å²) in [5.74, 6) is 0.255. The average molecular weight is 779 g/mol. The van der Waals surface area contributed by atoms with Crippen molar-refractivity contribution >= 4 is 90.7 Å². The van der Waals surface area contributed by atoms with Gasteiger partial charge >= 0.3 is 6.72 Å². The number of H-pyrrole nitrogens is 1. The zero-order valence-electron chi connectivity index (χ0n) is 26.5. The average Bonchev–Trinajstić information content (AvgIpc) is 3.65. The largest absolute Gasteiger partial charge is 0.408 e. The van der Waals surface area contributed by atoms with Gasteiger partial charge in [-0.15, -0.1) is 0 Å². The highest BCUT2D eigenvalue weighted by molar-refractivity contribution is 8.60. The second-order valence-electron chi connectivity index (χ2n) is 12.7. The summed E-state index contributed by atoms with van der Waals surface area (Å²) in [7, 11) is -2.55. The second-order valence-corrected chi connectivity index (χ2v) is 25.5. The van der Waals surface area contributed by atoms with Crippen molar-refractivity contribution in [1.82, 2.24) is 39.0 Å². The Morgan fingerprint density at radius 1 is 1.12 bits per heavy atom. The maximum Gasteiger partial charge on any atom is 0.325 e. The van der Waals surface area contributed by atoms with Gasteiger partial charge in [0.25, 0.3) is 5.56 Å². The van der Waals surface area contributed by atoms with Gasteiger partial charge in [-0.2, -0.15) is 4.98 Å². The van der Waals surface area contributed by atoms with Gasteiger partial charge in [-0.1, -0.05) is 33.0 Å². The normalized spacial score (nSPS) is 29.5. The maximum atomic E-state index is 12.7. The summed E-state index contributed by atoms with van der Waals surface area (Å²) in [6, 6.07) is 0. The molecule has 2 aliphatic rings. The van der Waals surface area contributed by atoms with Crippen LogP contribution in [-0.2, 0) is 64.0 Å². The number of aromatic nitrogens is 8. The SMILES string of the molecule is CC(C)(C)[Si](C)(C)OC1[C@H]2OP(O)(=S)OCc3nc4c(=O)[nH]c(N)nc4n3CCOP(=S)(S)OC[C@H]1O[C@H]2n1cnc2c(N)ncnc21. The summed E-state index contributed by atoms with van der Waals surface area (Å²) >= 11 is 15.8. The van der Waals surface area contributed by atoms with Crippen molar-refractivity contribution in [2.45, 2.75) is 76.6 Å². The number of hydrogen-bond acceptors (Lipinski definition) is 16. The molecule has 0 aliphatic carbocycles. The molecule has 48 heavy (non-hydrogen) atoms. The lowest BCUT2D eigenvalue weighted by Crippen LogP contribution is -2.50. The molecule has 6 N–H and O–H groups in total. The van der Waals surface area contributed by atoms with E-state index in [1.54, 1.807) is 9.13 Å². The van der Waals surface area contributed by atoms with Crippen LogP contribution in [0.5, 0.6) is 0 Å². The molecule has 3 unspecified atom stereocenters. The van der Waals surface area contributed by atoms with Crippen molar-refractivity contribution in [2.75, 3.05) is 24.7 Å². The number of nitrogens with two attached hydrogens (primary N) is 2. The van der Waals surface area contributed by atoms with Crippen LogP contribution >= 0.6 is 24.7 Å². The van der Waals surface area contributed by atoms with Crippen LogP contribution in [0.15, 0.2) is 17.4 Å². The van der Waals surface area contributed by atoms with Crippen molar-refractivity contribution in [2.24, 2.45) is 0 Å². The topological polar surface area (TPSA) is 235 Å². The lowest BCUT2D eigenvalue weighted by Gasteiger charge is -2.40. The van der Waals surface area contributed by atoms with E-state index >= 15 is 0 Å². The van der Waals surface area contributed by atoms with Crippen LogP contribution in [0.25, 0.3) is 22.3 Å². The zero-order chi connectivity index (χ0) is 34.8. The Morgan fingerprint density at radius 3 is 2.60 bits per heavy atom. The van der Waals surface area contributed by atoms with Crippen LogP contribution in [0.2, 0.25) is 18.1 Å². The minimum absolute atomic E-state index is 0.000230.